The third kappa shape index (κ3) is 6.38. The summed E-state index contributed by atoms with van der Waals surface area (Å²) >= 11 is 4.53. The number of rotatable bonds is 7. The van der Waals surface area contributed by atoms with Crippen LogP contribution in [0.2, 0.25) is 0 Å². The zero-order valence-electron chi connectivity index (χ0n) is 17.6. The van der Waals surface area contributed by atoms with E-state index in [2.05, 4.69) is 36.8 Å². The third-order valence-electron chi connectivity index (χ3n) is 4.98. The number of anilines is 1. The Morgan fingerprint density at radius 3 is 2.45 bits per heavy atom. The van der Waals surface area contributed by atoms with Gasteiger partial charge in [0.25, 0.3) is 5.91 Å². The molecule has 2 aromatic carbocycles. The fraction of sp³-hybridized carbons (Fsp3) is 0.273. The molecule has 2 unspecified atom stereocenters. The molecule has 0 aliphatic heterocycles. The Bertz CT molecular complexity index is 1140. The molecule has 0 radical (unpaired) electrons. The minimum Gasteiger partial charge on any atom is -0.340 e. The van der Waals surface area contributed by atoms with Gasteiger partial charge in [-0.05, 0) is 36.2 Å². The van der Waals surface area contributed by atoms with Crippen LogP contribution >= 0.6 is 27.3 Å². The molecule has 0 spiro atoms. The summed E-state index contributed by atoms with van der Waals surface area (Å²) < 4.78 is 39.9. The first-order chi connectivity index (χ1) is 15.6. The smallest absolute Gasteiger partial charge is 0.340 e. The van der Waals surface area contributed by atoms with Gasteiger partial charge in [0.15, 0.2) is 0 Å². The minimum atomic E-state index is -4.58. The number of hydrogen-bond acceptors (Lipinski definition) is 5. The van der Waals surface area contributed by atoms with Crippen LogP contribution in [0.1, 0.15) is 36.2 Å². The molecule has 11 heteroatoms. The fourth-order valence-electron chi connectivity index (χ4n) is 2.93. The molecule has 1 heterocycles. The Kier molecular flexibility index (Phi) is 7.85. The van der Waals surface area contributed by atoms with Crippen molar-refractivity contribution >= 4 is 44.2 Å². The van der Waals surface area contributed by atoms with Gasteiger partial charge in [0.2, 0.25) is 11.0 Å². The van der Waals surface area contributed by atoms with Crippen LogP contribution in [0.25, 0.3) is 10.6 Å². The number of halogens is 4. The average Bonchev–Trinajstić information content (AvgIpc) is 3.25. The van der Waals surface area contributed by atoms with E-state index in [-0.39, 0.29) is 16.6 Å². The van der Waals surface area contributed by atoms with Crippen molar-refractivity contribution in [3.63, 3.8) is 0 Å². The van der Waals surface area contributed by atoms with Crippen molar-refractivity contribution < 1.29 is 22.8 Å². The number of carbonyl (C=O) groups excluding carboxylic acids is 2. The largest absolute Gasteiger partial charge is 0.416 e. The predicted octanol–water partition coefficient (Wildman–Crippen LogP) is 5.77. The van der Waals surface area contributed by atoms with E-state index in [1.165, 1.54) is 17.4 Å². The van der Waals surface area contributed by atoms with Gasteiger partial charge in [-0.3, -0.25) is 14.9 Å². The van der Waals surface area contributed by atoms with Crippen LogP contribution in [0.3, 0.4) is 0 Å². The van der Waals surface area contributed by atoms with E-state index in [1.54, 1.807) is 6.92 Å². The van der Waals surface area contributed by atoms with Gasteiger partial charge in [0.05, 0.1) is 5.56 Å². The lowest BCUT2D eigenvalue weighted by molar-refractivity contribution is -0.137. The van der Waals surface area contributed by atoms with Gasteiger partial charge in [0.1, 0.15) is 11.0 Å². The van der Waals surface area contributed by atoms with Crippen molar-refractivity contribution in [2.45, 2.75) is 32.5 Å². The number of nitrogens with zero attached hydrogens (tertiary/aromatic N) is 2. The van der Waals surface area contributed by atoms with E-state index in [9.17, 15) is 22.8 Å². The fourth-order valence-corrected chi connectivity index (χ4v) is 3.95. The molecule has 2 atom stereocenters. The summed E-state index contributed by atoms with van der Waals surface area (Å²) in [7, 11) is 0. The van der Waals surface area contributed by atoms with Crippen molar-refractivity contribution in [3.8, 4) is 10.6 Å². The highest BCUT2D eigenvalue weighted by Crippen LogP contribution is 2.30. The summed E-state index contributed by atoms with van der Waals surface area (Å²) in [5.41, 5.74) is -0.291. The van der Waals surface area contributed by atoms with Crippen molar-refractivity contribution in [1.82, 2.24) is 15.5 Å². The summed E-state index contributed by atoms with van der Waals surface area (Å²) in [5.74, 6) is -1.57. The van der Waals surface area contributed by atoms with E-state index >= 15 is 0 Å². The Hall–Kier alpha value is -2.79. The topological polar surface area (TPSA) is 84.0 Å². The molecule has 0 bridgehead atoms. The number of hydrogen-bond donors (Lipinski definition) is 2. The maximum absolute atomic E-state index is 13.0. The first-order valence-electron chi connectivity index (χ1n) is 9.97. The minimum absolute atomic E-state index is 0.181. The van der Waals surface area contributed by atoms with Crippen molar-refractivity contribution in [1.29, 1.82) is 0 Å². The Labute approximate surface area is 200 Å². The van der Waals surface area contributed by atoms with Gasteiger partial charge < -0.3 is 5.32 Å². The van der Waals surface area contributed by atoms with E-state index in [0.29, 0.717) is 11.4 Å². The van der Waals surface area contributed by atoms with E-state index in [4.69, 9.17) is 0 Å². The number of benzene rings is 2. The molecular weight excluding hydrogens is 521 g/mol. The molecule has 0 saturated heterocycles. The lowest BCUT2D eigenvalue weighted by atomic mass is 9.97. The van der Waals surface area contributed by atoms with Crippen molar-refractivity contribution in [3.05, 3.63) is 64.1 Å². The average molecular weight is 541 g/mol. The summed E-state index contributed by atoms with van der Waals surface area (Å²) in [4.78, 5) is 25.6. The molecular formula is C22H20BrF3N4O2S. The number of amides is 2. The molecule has 174 valence electrons. The summed E-state index contributed by atoms with van der Waals surface area (Å²) in [6.45, 7) is 3.61. The Morgan fingerprint density at radius 1 is 1.12 bits per heavy atom. The zero-order chi connectivity index (χ0) is 24.2. The van der Waals surface area contributed by atoms with Crippen LogP contribution in [0.5, 0.6) is 0 Å². The Balaban J connectivity index is 1.74. The van der Waals surface area contributed by atoms with Gasteiger partial charge in [-0.15, -0.1) is 10.2 Å². The molecule has 2 N–H and O–H groups in total. The lowest BCUT2D eigenvalue weighted by Crippen LogP contribution is -2.47. The van der Waals surface area contributed by atoms with Gasteiger partial charge in [-0.1, -0.05) is 65.7 Å². The van der Waals surface area contributed by atoms with Crippen LogP contribution in [0, 0.1) is 5.92 Å². The predicted molar refractivity (Wildman–Crippen MR) is 124 cm³/mol. The standard InChI is InChI=1S/C22H20BrF3N4O2S/c1-3-12(2)17(27-18(31)14-5-4-6-15(11-14)22(24,25)26)19(32)28-21-30-29-20(33-21)13-7-9-16(23)10-8-13/h4-12,17H,3H2,1-2H3,(H,27,31)(H,28,30,32). The summed E-state index contributed by atoms with van der Waals surface area (Å²) in [6, 6.07) is 10.5. The monoisotopic (exact) mass is 540 g/mol. The highest BCUT2D eigenvalue weighted by atomic mass is 79.9. The molecule has 2 amide bonds. The van der Waals surface area contributed by atoms with Gasteiger partial charge in [-0.25, -0.2) is 0 Å². The number of nitrogens with one attached hydrogen (secondary N) is 2. The maximum atomic E-state index is 13.0. The first-order valence-corrected chi connectivity index (χ1v) is 11.6. The second-order valence-corrected chi connectivity index (χ2v) is 9.22. The third-order valence-corrected chi connectivity index (χ3v) is 6.40. The van der Waals surface area contributed by atoms with Crippen LogP contribution < -0.4 is 10.6 Å². The zero-order valence-corrected chi connectivity index (χ0v) is 20.0. The molecule has 0 aliphatic carbocycles. The molecule has 3 aromatic rings. The normalized spacial score (nSPS) is 13.3. The van der Waals surface area contributed by atoms with Crippen molar-refractivity contribution in [2.24, 2.45) is 5.92 Å². The van der Waals surface area contributed by atoms with Crippen LogP contribution in [0.4, 0.5) is 18.3 Å². The molecule has 0 fully saturated rings. The quantitative estimate of drug-likeness (QED) is 0.398. The maximum Gasteiger partial charge on any atom is 0.416 e. The second-order valence-electron chi connectivity index (χ2n) is 7.32. The van der Waals surface area contributed by atoms with Crippen LogP contribution in [-0.4, -0.2) is 28.1 Å². The van der Waals surface area contributed by atoms with E-state index in [0.717, 1.165) is 28.2 Å². The van der Waals surface area contributed by atoms with E-state index < -0.39 is 29.6 Å². The number of carbonyl (C=O) groups is 2. The summed E-state index contributed by atoms with van der Waals surface area (Å²) in [6.07, 6.45) is -4.02. The Morgan fingerprint density at radius 2 is 1.82 bits per heavy atom. The summed E-state index contributed by atoms with van der Waals surface area (Å²) in [5, 5.41) is 14.1. The van der Waals surface area contributed by atoms with E-state index in [1.807, 2.05) is 31.2 Å². The van der Waals surface area contributed by atoms with Crippen LogP contribution in [-0.2, 0) is 11.0 Å². The highest BCUT2D eigenvalue weighted by molar-refractivity contribution is 9.10. The first kappa shape index (κ1) is 24.8. The molecule has 0 saturated carbocycles. The SMILES string of the molecule is CCC(C)C(NC(=O)c1cccc(C(F)(F)F)c1)C(=O)Nc1nnc(-c2ccc(Br)cc2)s1. The number of aromatic nitrogens is 2. The molecule has 0 aliphatic rings. The molecule has 33 heavy (non-hydrogen) atoms. The molecule has 3 rings (SSSR count). The number of alkyl halides is 3. The molecule has 1 aromatic heterocycles. The van der Waals surface area contributed by atoms with Gasteiger partial charge in [0, 0.05) is 15.6 Å². The van der Waals surface area contributed by atoms with Crippen molar-refractivity contribution in [2.75, 3.05) is 5.32 Å². The van der Waals surface area contributed by atoms with Crippen LogP contribution in [0.15, 0.2) is 53.0 Å². The lowest BCUT2D eigenvalue weighted by Gasteiger charge is -2.23. The van der Waals surface area contributed by atoms with Gasteiger partial charge >= 0.3 is 6.18 Å². The highest BCUT2D eigenvalue weighted by Gasteiger charge is 2.32. The second kappa shape index (κ2) is 10.4. The van der Waals surface area contributed by atoms with Gasteiger partial charge in [-0.2, -0.15) is 13.2 Å². The molecule has 6 nitrogen and oxygen atoms in total.